The van der Waals surface area contributed by atoms with E-state index >= 15 is 0 Å². The third kappa shape index (κ3) is 3.46. The zero-order valence-electron chi connectivity index (χ0n) is 16.2. The van der Waals surface area contributed by atoms with Crippen molar-refractivity contribution in [2.75, 3.05) is 0 Å². The van der Waals surface area contributed by atoms with Crippen LogP contribution in [0.5, 0.6) is 11.5 Å². The fourth-order valence-electron chi connectivity index (χ4n) is 3.57. The smallest absolute Gasteiger partial charge is 0.272 e. The van der Waals surface area contributed by atoms with Crippen LogP contribution in [-0.2, 0) is 0 Å². The van der Waals surface area contributed by atoms with Crippen molar-refractivity contribution >= 4 is 5.91 Å². The second kappa shape index (κ2) is 7.53. The van der Waals surface area contributed by atoms with Gasteiger partial charge in [-0.25, -0.2) is 4.39 Å². The van der Waals surface area contributed by atoms with Gasteiger partial charge in [-0.1, -0.05) is 36.4 Å². The van der Waals surface area contributed by atoms with Gasteiger partial charge in [0.15, 0.2) is 0 Å². The number of carbonyl (C=O) groups excluding carboxylic acids is 1. The molecule has 4 aromatic rings. The van der Waals surface area contributed by atoms with Gasteiger partial charge in [0.1, 0.15) is 23.0 Å². The van der Waals surface area contributed by atoms with Crippen LogP contribution in [0.3, 0.4) is 0 Å². The van der Waals surface area contributed by atoms with E-state index in [1.165, 1.54) is 36.4 Å². The average molecular weight is 413 g/mol. The molecule has 1 aliphatic heterocycles. The van der Waals surface area contributed by atoms with E-state index in [-0.39, 0.29) is 5.69 Å². The summed E-state index contributed by atoms with van der Waals surface area (Å²) in [5.74, 6) is 0.446. The number of fused-ring (bicyclic) bond motifs is 2. The van der Waals surface area contributed by atoms with Crippen molar-refractivity contribution in [2.45, 2.75) is 6.04 Å². The first-order chi connectivity index (χ1) is 15.1. The zero-order chi connectivity index (χ0) is 21.4. The number of carbonyl (C=O) groups is 1. The molecule has 0 saturated carbocycles. The quantitative estimate of drug-likeness (QED) is 0.551. The van der Waals surface area contributed by atoms with E-state index in [1.54, 1.807) is 0 Å². The molecule has 0 atom stereocenters. The highest BCUT2D eigenvalue weighted by molar-refractivity contribution is 5.92. The molecule has 6 nitrogen and oxygen atoms in total. The minimum absolute atomic E-state index is 0.0605. The van der Waals surface area contributed by atoms with Crippen molar-refractivity contribution < 1.29 is 13.9 Å². The number of hydrogen-bond acceptors (Lipinski definition) is 4. The number of halogens is 1. The molecule has 1 N–H and O–H groups in total. The third-order valence-electron chi connectivity index (χ3n) is 5.06. The van der Waals surface area contributed by atoms with Gasteiger partial charge in [-0.2, -0.15) is 9.78 Å². The summed E-state index contributed by atoms with van der Waals surface area (Å²) in [7, 11) is 0. The van der Waals surface area contributed by atoms with Gasteiger partial charge in [0.05, 0.1) is 11.7 Å². The van der Waals surface area contributed by atoms with Gasteiger partial charge < -0.3 is 10.1 Å². The molecular formula is C24H16FN3O3. The lowest BCUT2D eigenvalue weighted by Gasteiger charge is -2.28. The van der Waals surface area contributed by atoms with Gasteiger partial charge in [-0.15, -0.1) is 0 Å². The molecule has 0 spiro atoms. The van der Waals surface area contributed by atoms with Crippen molar-refractivity contribution in [3.8, 4) is 17.2 Å². The molecule has 5 rings (SSSR count). The largest absolute Gasteiger partial charge is 0.457 e. The van der Waals surface area contributed by atoms with Crippen molar-refractivity contribution in [1.82, 2.24) is 15.1 Å². The Morgan fingerprint density at radius 3 is 2.13 bits per heavy atom. The third-order valence-corrected chi connectivity index (χ3v) is 5.06. The molecule has 0 fully saturated rings. The highest BCUT2D eigenvalue weighted by atomic mass is 19.1. The molecule has 0 bridgehead atoms. The molecule has 1 amide bonds. The fourth-order valence-corrected chi connectivity index (χ4v) is 3.57. The second-order valence-electron chi connectivity index (χ2n) is 7.03. The lowest BCUT2D eigenvalue weighted by atomic mass is 9.94. The number of hydrogen-bond donors (Lipinski definition) is 1. The Labute approximate surface area is 176 Å². The summed E-state index contributed by atoms with van der Waals surface area (Å²) in [6.45, 7) is 0. The highest BCUT2D eigenvalue weighted by Gasteiger charge is 2.28. The Balaban J connectivity index is 1.51. The topological polar surface area (TPSA) is 73.2 Å². The first kappa shape index (κ1) is 18.7. The predicted molar refractivity (Wildman–Crippen MR) is 112 cm³/mol. The van der Waals surface area contributed by atoms with E-state index in [1.807, 2.05) is 48.5 Å². The van der Waals surface area contributed by atoms with Crippen LogP contribution in [0.25, 0.3) is 5.69 Å². The highest BCUT2D eigenvalue weighted by Crippen LogP contribution is 2.42. The van der Waals surface area contributed by atoms with E-state index in [9.17, 15) is 14.0 Å². The number of para-hydroxylation sites is 2. The van der Waals surface area contributed by atoms with Gasteiger partial charge >= 0.3 is 0 Å². The van der Waals surface area contributed by atoms with Gasteiger partial charge in [-0.05, 0) is 42.5 Å². The van der Waals surface area contributed by atoms with Crippen molar-refractivity contribution in [2.24, 2.45) is 0 Å². The SMILES string of the molecule is O=C(NC1c2ccccc2Oc2ccccc21)c1ccc(=O)n(-c2ccc(F)cc2)n1. The van der Waals surface area contributed by atoms with Crippen LogP contribution in [0.15, 0.2) is 89.7 Å². The monoisotopic (exact) mass is 413 g/mol. The number of nitrogens with one attached hydrogen (secondary N) is 1. The lowest BCUT2D eigenvalue weighted by molar-refractivity contribution is 0.0934. The number of ether oxygens (including phenoxy) is 1. The summed E-state index contributed by atoms with van der Waals surface area (Å²) in [4.78, 5) is 25.3. The Bertz CT molecular complexity index is 1300. The molecule has 152 valence electrons. The van der Waals surface area contributed by atoms with Crippen LogP contribution in [0.2, 0.25) is 0 Å². The summed E-state index contributed by atoms with van der Waals surface area (Å²) >= 11 is 0. The summed E-state index contributed by atoms with van der Waals surface area (Å²) in [5, 5.41) is 7.19. The standard InChI is InChI=1S/C24H16FN3O3/c25-15-9-11-16(12-10-15)28-22(29)14-13-19(27-28)24(30)26-23-17-5-1-3-7-20(17)31-21-8-4-2-6-18(21)23/h1-14,23H,(H,26,30). The molecule has 0 aliphatic carbocycles. The van der Waals surface area contributed by atoms with E-state index < -0.39 is 23.3 Å². The number of rotatable bonds is 3. The molecule has 1 aromatic heterocycles. The van der Waals surface area contributed by atoms with Crippen LogP contribution in [0.1, 0.15) is 27.7 Å². The average Bonchev–Trinajstić information content (AvgIpc) is 2.80. The lowest BCUT2D eigenvalue weighted by Crippen LogP contribution is -2.33. The van der Waals surface area contributed by atoms with E-state index in [0.29, 0.717) is 17.2 Å². The fraction of sp³-hybridized carbons (Fsp3) is 0.0417. The Hall–Kier alpha value is -4.26. The molecule has 0 radical (unpaired) electrons. The van der Waals surface area contributed by atoms with Gasteiger partial charge in [0, 0.05) is 17.2 Å². The first-order valence-electron chi connectivity index (χ1n) is 9.63. The Morgan fingerprint density at radius 1 is 0.871 bits per heavy atom. The maximum atomic E-state index is 13.2. The van der Waals surface area contributed by atoms with E-state index in [2.05, 4.69) is 10.4 Å². The Morgan fingerprint density at radius 2 is 1.48 bits per heavy atom. The maximum Gasteiger partial charge on any atom is 0.272 e. The van der Waals surface area contributed by atoms with E-state index in [0.717, 1.165) is 15.8 Å². The molecule has 1 aliphatic rings. The molecule has 7 heteroatoms. The van der Waals surface area contributed by atoms with E-state index in [4.69, 9.17) is 4.74 Å². The molecule has 31 heavy (non-hydrogen) atoms. The number of amides is 1. The van der Waals surface area contributed by atoms with Gasteiger partial charge in [0.25, 0.3) is 11.5 Å². The number of benzene rings is 3. The first-order valence-corrected chi connectivity index (χ1v) is 9.63. The van der Waals surface area contributed by atoms with Crippen LogP contribution in [0, 0.1) is 5.82 Å². The second-order valence-corrected chi connectivity index (χ2v) is 7.03. The molecular weight excluding hydrogens is 397 g/mol. The minimum Gasteiger partial charge on any atom is -0.457 e. The van der Waals surface area contributed by atoms with Gasteiger partial charge in [-0.3, -0.25) is 9.59 Å². The summed E-state index contributed by atoms with van der Waals surface area (Å²) in [5.41, 5.74) is 1.64. The van der Waals surface area contributed by atoms with Crippen LogP contribution >= 0.6 is 0 Å². The summed E-state index contributed by atoms with van der Waals surface area (Å²) in [6, 6.07) is 22.5. The predicted octanol–water partition coefficient (Wildman–Crippen LogP) is 4.00. The maximum absolute atomic E-state index is 13.2. The molecule has 2 heterocycles. The number of aromatic nitrogens is 2. The van der Waals surface area contributed by atoms with Crippen molar-refractivity contribution in [3.05, 3.63) is 118 Å². The van der Waals surface area contributed by atoms with Crippen LogP contribution in [-0.4, -0.2) is 15.7 Å². The normalized spacial score (nSPS) is 12.4. The summed E-state index contributed by atoms with van der Waals surface area (Å²) in [6.07, 6.45) is 0. The molecule has 0 unspecified atom stereocenters. The zero-order valence-corrected chi connectivity index (χ0v) is 16.2. The summed E-state index contributed by atoms with van der Waals surface area (Å²) < 4.78 is 20.3. The van der Waals surface area contributed by atoms with Crippen LogP contribution < -0.4 is 15.6 Å². The molecule has 0 saturated heterocycles. The van der Waals surface area contributed by atoms with Crippen molar-refractivity contribution in [1.29, 1.82) is 0 Å². The molecule has 3 aromatic carbocycles. The minimum atomic E-state index is -0.452. The Kier molecular flexibility index (Phi) is 4.55. The van der Waals surface area contributed by atoms with Gasteiger partial charge in [0.2, 0.25) is 0 Å². The number of nitrogens with zero attached hydrogens (tertiary/aromatic N) is 2. The van der Waals surface area contributed by atoms with Crippen molar-refractivity contribution in [3.63, 3.8) is 0 Å². The van der Waals surface area contributed by atoms with Crippen LogP contribution in [0.4, 0.5) is 4.39 Å².